The molecular weight excluding hydrogens is 381 g/mol. The minimum atomic E-state index is -4.40. The first kappa shape index (κ1) is 18.8. The molecule has 0 saturated carbocycles. The number of nitrogens with two attached hydrogens (primary N) is 1. The summed E-state index contributed by atoms with van der Waals surface area (Å²) in [6.45, 7) is 0. The zero-order valence-corrected chi connectivity index (χ0v) is 14.4. The van der Waals surface area contributed by atoms with E-state index in [0.29, 0.717) is 16.9 Å². The molecule has 0 radical (unpaired) electrons. The van der Waals surface area contributed by atoms with Gasteiger partial charge in [0.15, 0.2) is 0 Å². The standard InChI is InChI=1S/C17H13F3N4O2S/c18-17(19,20)12-3-1-11(2-4-12)15-9-10-22-16(24-15)23-13-5-7-14(8-6-13)27(21,25)26/h1-10H,(H2,21,25,26)(H,22,23,24). The van der Waals surface area contributed by atoms with Crippen molar-refractivity contribution in [3.63, 3.8) is 0 Å². The van der Waals surface area contributed by atoms with Crippen LogP contribution in [0.1, 0.15) is 5.56 Å². The van der Waals surface area contributed by atoms with E-state index in [2.05, 4.69) is 15.3 Å². The smallest absolute Gasteiger partial charge is 0.324 e. The van der Waals surface area contributed by atoms with Gasteiger partial charge in [0.1, 0.15) is 0 Å². The summed E-state index contributed by atoms with van der Waals surface area (Å²) in [5.41, 5.74) is 0.709. The van der Waals surface area contributed by atoms with E-state index in [1.54, 1.807) is 6.07 Å². The van der Waals surface area contributed by atoms with Crippen LogP contribution in [-0.4, -0.2) is 18.4 Å². The van der Waals surface area contributed by atoms with Crippen molar-refractivity contribution in [2.75, 3.05) is 5.32 Å². The fourth-order valence-corrected chi connectivity index (χ4v) is 2.78. The van der Waals surface area contributed by atoms with Gasteiger partial charge in [-0.2, -0.15) is 13.2 Å². The monoisotopic (exact) mass is 394 g/mol. The number of nitrogens with zero attached hydrogens (tertiary/aromatic N) is 2. The van der Waals surface area contributed by atoms with E-state index >= 15 is 0 Å². The third kappa shape index (κ3) is 4.60. The number of hydrogen-bond donors (Lipinski definition) is 2. The van der Waals surface area contributed by atoms with Crippen LogP contribution >= 0.6 is 0 Å². The average molecular weight is 394 g/mol. The first-order valence-electron chi connectivity index (χ1n) is 7.53. The maximum atomic E-state index is 12.6. The summed E-state index contributed by atoms with van der Waals surface area (Å²) in [6, 6.07) is 11.8. The highest BCUT2D eigenvalue weighted by Crippen LogP contribution is 2.30. The highest BCUT2D eigenvalue weighted by Gasteiger charge is 2.30. The summed E-state index contributed by atoms with van der Waals surface area (Å²) in [5, 5.41) is 7.93. The second-order valence-electron chi connectivity index (χ2n) is 5.53. The van der Waals surface area contributed by atoms with Crippen molar-refractivity contribution in [3.05, 3.63) is 66.4 Å². The van der Waals surface area contributed by atoms with Crippen LogP contribution in [-0.2, 0) is 16.2 Å². The zero-order chi connectivity index (χ0) is 19.7. The fourth-order valence-electron chi connectivity index (χ4n) is 2.27. The molecule has 140 valence electrons. The molecule has 0 aliphatic carbocycles. The van der Waals surface area contributed by atoms with Gasteiger partial charge in [-0.25, -0.2) is 23.5 Å². The molecule has 3 rings (SSSR count). The van der Waals surface area contributed by atoms with Crippen LogP contribution in [0.25, 0.3) is 11.3 Å². The van der Waals surface area contributed by atoms with Gasteiger partial charge in [0.2, 0.25) is 16.0 Å². The molecule has 0 fully saturated rings. The summed E-state index contributed by atoms with van der Waals surface area (Å²) in [5.74, 6) is 0.204. The van der Waals surface area contributed by atoms with Crippen LogP contribution in [0.3, 0.4) is 0 Å². The van der Waals surface area contributed by atoms with Gasteiger partial charge >= 0.3 is 6.18 Å². The van der Waals surface area contributed by atoms with Gasteiger partial charge in [-0.3, -0.25) is 0 Å². The fraction of sp³-hybridized carbons (Fsp3) is 0.0588. The van der Waals surface area contributed by atoms with Crippen LogP contribution in [0.2, 0.25) is 0 Å². The molecular formula is C17H13F3N4O2S. The van der Waals surface area contributed by atoms with E-state index < -0.39 is 21.8 Å². The number of sulfonamides is 1. The van der Waals surface area contributed by atoms with Crippen LogP contribution in [0.5, 0.6) is 0 Å². The molecule has 6 nitrogen and oxygen atoms in total. The average Bonchev–Trinajstić information content (AvgIpc) is 2.61. The first-order chi connectivity index (χ1) is 12.6. The lowest BCUT2D eigenvalue weighted by molar-refractivity contribution is -0.137. The molecule has 3 aromatic rings. The van der Waals surface area contributed by atoms with E-state index in [1.165, 1.54) is 42.6 Å². The zero-order valence-electron chi connectivity index (χ0n) is 13.6. The number of aromatic nitrogens is 2. The van der Waals surface area contributed by atoms with Crippen molar-refractivity contribution < 1.29 is 21.6 Å². The second-order valence-corrected chi connectivity index (χ2v) is 7.10. The van der Waals surface area contributed by atoms with Gasteiger partial charge in [-0.05, 0) is 42.5 Å². The van der Waals surface area contributed by atoms with E-state index in [4.69, 9.17) is 5.14 Å². The lowest BCUT2D eigenvalue weighted by Gasteiger charge is -2.09. The molecule has 0 atom stereocenters. The van der Waals surface area contributed by atoms with Gasteiger partial charge in [-0.1, -0.05) is 12.1 Å². The second kappa shape index (κ2) is 6.97. The number of halogens is 3. The van der Waals surface area contributed by atoms with Crippen molar-refractivity contribution in [1.29, 1.82) is 0 Å². The molecule has 1 aromatic heterocycles. The number of nitrogens with one attached hydrogen (secondary N) is 1. The molecule has 0 aliphatic heterocycles. The van der Waals surface area contributed by atoms with Gasteiger partial charge in [0.25, 0.3) is 0 Å². The predicted octanol–water partition coefficient (Wildman–Crippen LogP) is 3.55. The van der Waals surface area contributed by atoms with Crippen molar-refractivity contribution in [2.24, 2.45) is 5.14 Å². The highest BCUT2D eigenvalue weighted by molar-refractivity contribution is 7.89. The molecule has 0 amide bonds. The lowest BCUT2D eigenvalue weighted by Crippen LogP contribution is -2.11. The van der Waals surface area contributed by atoms with Crippen molar-refractivity contribution in [3.8, 4) is 11.3 Å². The van der Waals surface area contributed by atoms with Gasteiger partial charge in [-0.15, -0.1) is 0 Å². The quantitative estimate of drug-likeness (QED) is 0.705. The maximum absolute atomic E-state index is 12.6. The number of benzene rings is 2. The Morgan fingerprint density at radius 3 is 2.11 bits per heavy atom. The topological polar surface area (TPSA) is 98.0 Å². The van der Waals surface area contributed by atoms with Gasteiger partial charge < -0.3 is 5.32 Å². The molecule has 1 heterocycles. The number of rotatable bonds is 4. The van der Waals surface area contributed by atoms with Crippen molar-refractivity contribution in [2.45, 2.75) is 11.1 Å². The molecule has 0 aliphatic rings. The molecule has 0 saturated heterocycles. The van der Waals surface area contributed by atoms with Crippen LogP contribution in [0.15, 0.2) is 65.7 Å². The Morgan fingerprint density at radius 2 is 1.56 bits per heavy atom. The largest absolute Gasteiger partial charge is 0.416 e. The van der Waals surface area contributed by atoms with E-state index in [0.717, 1.165) is 12.1 Å². The summed E-state index contributed by atoms with van der Waals surface area (Å²) in [4.78, 5) is 8.26. The number of primary sulfonamides is 1. The Hall–Kier alpha value is -2.98. The Morgan fingerprint density at radius 1 is 0.926 bits per heavy atom. The number of anilines is 2. The Labute approximate surface area is 152 Å². The highest BCUT2D eigenvalue weighted by atomic mass is 32.2. The van der Waals surface area contributed by atoms with Crippen LogP contribution < -0.4 is 10.5 Å². The van der Waals surface area contributed by atoms with Gasteiger partial charge in [0.05, 0.1) is 16.2 Å². The number of alkyl halides is 3. The third-order valence-corrected chi connectivity index (χ3v) is 4.53. The number of hydrogen-bond acceptors (Lipinski definition) is 5. The molecule has 0 spiro atoms. The van der Waals surface area contributed by atoms with Crippen molar-refractivity contribution >= 4 is 21.7 Å². The summed E-state index contributed by atoms with van der Waals surface area (Å²) >= 11 is 0. The molecule has 10 heteroatoms. The molecule has 3 N–H and O–H groups in total. The molecule has 27 heavy (non-hydrogen) atoms. The summed E-state index contributed by atoms with van der Waals surface area (Å²) in [6.07, 6.45) is -2.94. The predicted molar refractivity (Wildman–Crippen MR) is 93.6 cm³/mol. The first-order valence-corrected chi connectivity index (χ1v) is 9.08. The SMILES string of the molecule is NS(=O)(=O)c1ccc(Nc2nccc(-c3ccc(C(F)(F)F)cc3)n2)cc1. The van der Waals surface area contributed by atoms with Crippen LogP contribution in [0.4, 0.5) is 24.8 Å². The van der Waals surface area contributed by atoms with E-state index in [9.17, 15) is 21.6 Å². The lowest BCUT2D eigenvalue weighted by atomic mass is 10.1. The van der Waals surface area contributed by atoms with E-state index in [1.807, 2.05) is 0 Å². The maximum Gasteiger partial charge on any atom is 0.416 e. The van der Waals surface area contributed by atoms with E-state index in [-0.39, 0.29) is 10.8 Å². The van der Waals surface area contributed by atoms with Crippen LogP contribution in [0, 0.1) is 0 Å². The normalized spacial score (nSPS) is 12.0. The Kier molecular flexibility index (Phi) is 4.85. The molecule has 0 unspecified atom stereocenters. The molecule has 0 bridgehead atoms. The molecule has 2 aromatic carbocycles. The Balaban J connectivity index is 1.81. The Bertz CT molecular complexity index is 1050. The summed E-state index contributed by atoms with van der Waals surface area (Å²) in [7, 11) is -3.79. The van der Waals surface area contributed by atoms with Crippen molar-refractivity contribution in [1.82, 2.24) is 9.97 Å². The minimum absolute atomic E-state index is 0.0347. The van der Waals surface area contributed by atoms with Gasteiger partial charge in [0, 0.05) is 17.4 Å². The summed E-state index contributed by atoms with van der Waals surface area (Å²) < 4.78 is 60.5. The minimum Gasteiger partial charge on any atom is -0.324 e. The third-order valence-electron chi connectivity index (χ3n) is 3.60.